The number of ether oxygens (including phenoxy) is 1. The summed E-state index contributed by atoms with van der Waals surface area (Å²) < 4.78 is 30.6. The average Bonchev–Trinajstić information content (AvgIpc) is 2.80. The Balaban J connectivity index is 1.90. The molecule has 2 N–H and O–H groups in total. The standard InChI is InChI=1S/C10H21N3O3S/c11-2-8-17(14,15)13-3-1-10(9-13)12-4-6-16-7-5-12/h10H,1-9,11H2. The molecule has 0 aromatic rings. The lowest BCUT2D eigenvalue weighted by Gasteiger charge is -2.32. The highest BCUT2D eigenvalue weighted by Gasteiger charge is 2.34. The van der Waals surface area contributed by atoms with Crippen LogP contribution in [0.5, 0.6) is 0 Å². The van der Waals surface area contributed by atoms with Crippen LogP contribution in [0.2, 0.25) is 0 Å². The van der Waals surface area contributed by atoms with E-state index in [1.54, 1.807) is 4.31 Å². The summed E-state index contributed by atoms with van der Waals surface area (Å²) in [5.74, 6) is 0.0584. The Morgan fingerprint density at radius 3 is 2.59 bits per heavy atom. The minimum atomic E-state index is -3.13. The van der Waals surface area contributed by atoms with Crippen molar-refractivity contribution in [2.45, 2.75) is 12.5 Å². The number of rotatable bonds is 4. The van der Waals surface area contributed by atoms with Crippen molar-refractivity contribution in [3.8, 4) is 0 Å². The smallest absolute Gasteiger partial charge is 0.215 e. The first kappa shape index (κ1) is 13.2. The van der Waals surface area contributed by atoms with Gasteiger partial charge in [-0.05, 0) is 6.42 Å². The Kier molecular flexibility index (Phi) is 4.37. The molecule has 0 aromatic carbocycles. The zero-order valence-corrected chi connectivity index (χ0v) is 10.9. The van der Waals surface area contributed by atoms with Gasteiger partial charge in [0.05, 0.1) is 19.0 Å². The maximum absolute atomic E-state index is 11.9. The lowest BCUT2D eigenvalue weighted by atomic mass is 10.2. The van der Waals surface area contributed by atoms with Crippen LogP contribution < -0.4 is 5.73 Å². The van der Waals surface area contributed by atoms with Crippen molar-refractivity contribution >= 4 is 10.0 Å². The molecule has 0 radical (unpaired) electrons. The molecule has 1 atom stereocenters. The molecule has 2 aliphatic heterocycles. The monoisotopic (exact) mass is 263 g/mol. The van der Waals surface area contributed by atoms with Crippen LogP contribution in [0.3, 0.4) is 0 Å². The van der Waals surface area contributed by atoms with E-state index in [2.05, 4.69) is 4.90 Å². The summed E-state index contributed by atoms with van der Waals surface area (Å²) in [6.07, 6.45) is 0.920. The zero-order valence-electron chi connectivity index (χ0n) is 10.0. The predicted molar refractivity (Wildman–Crippen MR) is 65.2 cm³/mol. The number of nitrogens with zero attached hydrogens (tertiary/aromatic N) is 2. The maximum Gasteiger partial charge on any atom is 0.215 e. The summed E-state index contributed by atoms with van der Waals surface area (Å²) in [5.41, 5.74) is 5.33. The van der Waals surface area contributed by atoms with Gasteiger partial charge in [-0.15, -0.1) is 0 Å². The second-order valence-corrected chi connectivity index (χ2v) is 6.64. The first-order valence-corrected chi connectivity index (χ1v) is 7.74. The van der Waals surface area contributed by atoms with Crippen molar-refractivity contribution in [2.75, 3.05) is 51.7 Å². The molecule has 0 bridgehead atoms. The third kappa shape index (κ3) is 3.17. The highest BCUT2D eigenvalue weighted by molar-refractivity contribution is 7.89. The van der Waals surface area contributed by atoms with E-state index in [1.807, 2.05) is 0 Å². The fourth-order valence-electron chi connectivity index (χ4n) is 2.48. The molecule has 0 aromatic heterocycles. The molecule has 1 unspecified atom stereocenters. The van der Waals surface area contributed by atoms with Crippen molar-refractivity contribution in [3.05, 3.63) is 0 Å². The fraction of sp³-hybridized carbons (Fsp3) is 1.00. The second kappa shape index (κ2) is 5.62. The molecule has 7 heteroatoms. The maximum atomic E-state index is 11.9. The molecule has 0 saturated carbocycles. The molecule has 0 aliphatic carbocycles. The van der Waals surface area contributed by atoms with Crippen LogP contribution in [-0.4, -0.2) is 75.4 Å². The second-order valence-electron chi connectivity index (χ2n) is 4.55. The van der Waals surface area contributed by atoms with Gasteiger partial charge < -0.3 is 10.5 Å². The molecule has 0 spiro atoms. The first-order valence-electron chi connectivity index (χ1n) is 6.13. The van der Waals surface area contributed by atoms with E-state index in [-0.39, 0.29) is 12.3 Å². The Bertz CT molecular complexity index is 341. The number of sulfonamides is 1. The molecule has 6 nitrogen and oxygen atoms in total. The number of hydrogen-bond acceptors (Lipinski definition) is 5. The lowest BCUT2D eigenvalue weighted by Crippen LogP contribution is -2.45. The molecule has 2 rings (SSSR count). The molecule has 17 heavy (non-hydrogen) atoms. The topological polar surface area (TPSA) is 75.9 Å². The molecule has 2 saturated heterocycles. The third-order valence-corrected chi connectivity index (χ3v) is 5.33. The van der Waals surface area contributed by atoms with Gasteiger partial charge in [-0.1, -0.05) is 0 Å². The van der Waals surface area contributed by atoms with E-state index in [0.717, 1.165) is 32.7 Å². The Morgan fingerprint density at radius 1 is 1.24 bits per heavy atom. The van der Waals surface area contributed by atoms with Crippen LogP contribution in [-0.2, 0) is 14.8 Å². The van der Waals surface area contributed by atoms with Crippen molar-refractivity contribution in [2.24, 2.45) is 5.73 Å². The Hall–Kier alpha value is -0.210. The van der Waals surface area contributed by atoms with Crippen LogP contribution in [0.1, 0.15) is 6.42 Å². The minimum Gasteiger partial charge on any atom is -0.379 e. The van der Waals surface area contributed by atoms with Crippen molar-refractivity contribution in [1.82, 2.24) is 9.21 Å². The quantitative estimate of drug-likeness (QED) is 0.681. The Morgan fingerprint density at radius 2 is 1.94 bits per heavy atom. The van der Waals surface area contributed by atoms with Crippen LogP contribution in [0, 0.1) is 0 Å². The molecular formula is C10H21N3O3S. The minimum absolute atomic E-state index is 0.0584. The van der Waals surface area contributed by atoms with Crippen LogP contribution >= 0.6 is 0 Å². The summed E-state index contributed by atoms with van der Waals surface area (Å²) in [4.78, 5) is 2.33. The average molecular weight is 263 g/mol. The van der Waals surface area contributed by atoms with Gasteiger partial charge in [-0.3, -0.25) is 4.90 Å². The largest absolute Gasteiger partial charge is 0.379 e. The van der Waals surface area contributed by atoms with Crippen LogP contribution in [0.25, 0.3) is 0 Å². The molecule has 2 fully saturated rings. The van der Waals surface area contributed by atoms with Gasteiger partial charge >= 0.3 is 0 Å². The SMILES string of the molecule is NCCS(=O)(=O)N1CCC(N2CCOCC2)C1. The molecule has 2 heterocycles. The molecule has 0 amide bonds. The van der Waals surface area contributed by atoms with E-state index in [0.29, 0.717) is 19.1 Å². The van der Waals surface area contributed by atoms with Crippen LogP contribution in [0.15, 0.2) is 0 Å². The van der Waals surface area contributed by atoms with E-state index >= 15 is 0 Å². The summed E-state index contributed by atoms with van der Waals surface area (Å²) in [7, 11) is -3.13. The van der Waals surface area contributed by atoms with Crippen molar-refractivity contribution in [1.29, 1.82) is 0 Å². The fourth-order valence-corrected chi connectivity index (χ4v) is 3.82. The summed E-state index contributed by atoms with van der Waals surface area (Å²) in [6, 6.07) is 0.353. The van der Waals surface area contributed by atoms with E-state index in [4.69, 9.17) is 10.5 Å². The van der Waals surface area contributed by atoms with Gasteiger partial charge in [-0.25, -0.2) is 12.7 Å². The van der Waals surface area contributed by atoms with Gasteiger partial charge in [-0.2, -0.15) is 0 Å². The van der Waals surface area contributed by atoms with Gasteiger partial charge in [0.25, 0.3) is 0 Å². The van der Waals surface area contributed by atoms with Gasteiger partial charge in [0.15, 0.2) is 0 Å². The van der Waals surface area contributed by atoms with E-state index < -0.39 is 10.0 Å². The highest BCUT2D eigenvalue weighted by atomic mass is 32.2. The molecule has 2 aliphatic rings. The van der Waals surface area contributed by atoms with Crippen molar-refractivity contribution in [3.63, 3.8) is 0 Å². The molecule has 100 valence electrons. The summed E-state index contributed by atoms with van der Waals surface area (Å²) in [5, 5.41) is 0. The summed E-state index contributed by atoms with van der Waals surface area (Å²) in [6.45, 7) is 4.77. The highest BCUT2D eigenvalue weighted by Crippen LogP contribution is 2.19. The van der Waals surface area contributed by atoms with Crippen LogP contribution in [0.4, 0.5) is 0 Å². The van der Waals surface area contributed by atoms with E-state index in [9.17, 15) is 8.42 Å². The Labute approximate surface area is 103 Å². The first-order chi connectivity index (χ1) is 8.13. The summed E-state index contributed by atoms with van der Waals surface area (Å²) >= 11 is 0. The van der Waals surface area contributed by atoms with Crippen molar-refractivity contribution < 1.29 is 13.2 Å². The number of morpholine rings is 1. The lowest BCUT2D eigenvalue weighted by molar-refractivity contribution is 0.0197. The third-order valence-electron chi connectivity index (χ3n) is 3.46. The molecular weight excluding hydrogens is 242 g/mol. The normalized spacial score (nSPS) is 28.6. The van der Waals surface area contributed by atoms with Gasteiger partial charge in [0.2, 0.25) is 10.0 Å². The van der Waals surface area contributed by atoms with E-state index in [1.165, 1.54) is 0 Å². The van der Waals surface area contributed by atoms with Gasteiger partial charge in [0, 0.05) is 38.8 Å². The predicted octanol–water partition coefficient (Wildman–Crippen LogP) is -1.32. The van der Waals surface area contributed by atoms with Gasteiger partial charge in [0.1, 0.15) is 0 Å². The number of hydrogen-bond donors (Lipinski definition) is 1. The zero-order chi connectivity index (χ0) is 12.3. The number of nitrogens with two attached hydrogens (primary N) is 1.